The minimum atomic E-state index is -0.679. The van der Waals surface area contributed by atoms with Gasteiger partial charge in [-0.15, -0.1) is 11.3 Å². The fraction of sp³-hybridized carbons (Fsp3) is 0.250. The largest absolute Gasteiger partial charge is 0.368 e. The highest BCUT2D eigenvalue weighted by Crippen LogP contribution is 2.19. The SMILES string of the molecule is CC(NC(=O)c1csc(Cl)c1)C(N)=O. The van der Waals surface area contributed by atoms with Gasteiger partial charge in [0.05, 0.1) is 9.90 Å². The van der Waals surface area contributed by atoms with Gasteiger partial charge in [0.2, 0.25) is 5.91 Å². The van der Waals surface area contributed by atoms with E-state index in [2.05, 4.69) is 5.32 Å². The third-order valence-corrected chi connectivity index (χ3v) is 2.70. The highest BCUT2D eigenvalue weighted by atomic mass is 35.5. The van der Waals surface area contributed by atoms with Crippen LogP contribution in [0.2, 0.25) is 4.34 Å². The summed E-state index contributed by atoms with van der Waals surface area (Å²) in [4.78, 5) is 22.1. The third-order valence-electron chi connectivity index (χ3n) is 1.60. The van der Waals surface area contributed by atoms with E-state index in [0.717, 1.165) is 0 Å². The first-order chi connectivity index (χ1) is 6.50. The Morgan fingerprint density at radius 2 is 2.29 bits per heavy atom. The van der Waals surface area contributed by atoms with Crippen LogP contribution in [0.5, 0.6) is 0 Å². The molecular weight excluding hydrogens is 224 g/mol. The molecule has 0 radical (unpaired) electrons. The molecule has 3 N–H and O–H groups in total. The average molecular weight is 233 g/mol. The molecule has 1 aromatic heterocycles. The zero-order valence-electron chi connectivity index (χ0n) is 7.41. The van der Waals surface area contributed by atoms with Gasteiger partial charge in [-0.05, 0) is 13.0 Å². The molecule has 0 bridgehead atoms. The highest BCUT2D eigenvalue weighted by Gasteiger charge is 2.14. The van der Waals surface area contributed by atoms with Gasteiger partial charge in [-0.2, -0.15) is 0 Å². The molecule has 0 saturated heterocycles. The summed E-state index contributed by atoms with van der Waals surface area (Å²) >= 11 is 6.91. The lowest BCUT2D eigenvalue weighted by Gasteiger charge is -2.08. The Labute approximate surface area is 90.0 Å². The first-order valence-electron chi connectivity index (χ1n) is 3.85. The lowest BCUT2D eigenvalue weighted by molar-refractivity contribution is -0.119. The number of carbonyl (C=O) groups is 2. The fourth-order valence-corrected chi connectivity index (χ4v) is 1.64. The van der Waals surface area contributed by atoms with Crippen molar-refractivity contribution >= 4 is 34.8 Å². The highest BCUT2D eigenvalue weighted by molar-refractivity contribution is 7.14. The van der Waals surface area contributed by atoms with Crippen LogP contribution in [0.1, 0.15) is 17.3 Å². The van der Waals surface area contributed by atoms with Gasteiger partial charge in [0, 0.05) is 5.38 Å². The van der Waals surface area contributed by atoms with Crippen molar-refractivity contribution in [2.45, 2.75) is 13.0 Å². The molecule has 1 aromatic rings. The molecule has 76 valence electrons. The molecule has 1 heterocycles. The van der Waals surface area contributed by atoms with E-state index in [1.807, 2.05) is 0 Å². The van der Waals surface area contributed by atoms with Gasteiger partial charge < -0.3 is 11.1 Å². The van der Waals surface area contributed by atoms with Crippen molar-refractivity contribution in [3.8, 4) is 0 Å². The summed E-state index contributed by atoms with van der Waals surface area (Å²) in [5.41, 5.74) is 5.43. The Morgan fingerprint density at radius 3 is 2.71 bits per heavy atom. The zero-order valence-corrected chi connectivity index (χ0v) is 8.98. The number of hydrogen-bond acceptors (Lipinski definition) is 3. The van der Waals surface area contributed by atoms with E-state index in [1.165, 1.54) is 24.3 Å². The molecular formula is C8H9ClN2O2S. The van der Waals surface area contributed by atoms with Crippen LogP contribution in [0, 0.1) is 0 Å². The predicted octanol–water partition coefficient (Wildman–Crippen LogP) is 1.01. The van der Waals surface area contributed by atoms with Gasteiger partial charge in [-0.3, -0.25) is 9.59 Å². The standard InChI is InChI=1S/C8H9ClN2O2S/c1-4(7(10)12)11-8(13)5-2-6(9)14-3-5/h2-4H,1H3,(H2,10,12)(H,11,13). The lowest BCUT2D eigenvalue weighted by Crippen LogP contribution is -2.42. The Balaban J connectivity index is 2.63. The predicted molar refractivity (Wildman–Crippen MR) is 55.5 cm³/mol. The summed E-state index contributed by atoms with van der Waals surface area (Å²) in [7, 11) is 0. The molecule has 0 aliphatic heterocycles. The Hall–Kier alpha value is -1.07. The summed E-state index contributed by atoms with van der Waals surface area (Å²) in [6.07, 6.45) is 0. The normalized spacial score (nSPS) is 12.1. The second-order valence-electron chi connectivity index (χ2n) is 2.74. The number of nitrogens with two attached hydrogens (primary N) is 1. The van der Waals surface area contributed by atoms with Crippen molar-refractivity contribution in [2.75, 3.05) is 0 Å². The van der Waals surface area contributed by atoms with Crippen LogP contribution in [0.3, 0.4) is 0 Å². The smallest absolute Gasteiger partial charge is 0.252 e. The fourth-order valence-electron chi connectivity index (χ4n) is 0.780. The van der Waals surface area contributed by atoms with E-state index < -0.39 is 11.9 Å². The van der Waals surface area contributed by atoms with Gasteiger partial charge in [-0.1, -0.05) is 11.6 Å². The Morgan fingerprint density at radius 1 is 1.64 bits per heavy atom. The number of rotatable bonds is 3. The monoisotopic (exact) mass is 232 g/mol. The van der Waals surface area contributed by atoms with E-state index in [0.29, 0.717) is 9.90 Å². The van der Waals surface area contributed by atoms with Crippen molar-refractivity contribution in [3.63, 3.8) is 0 Å². The summed E-state index contributed by atoms with van der Waals surface area (Å²) in [6.45, 7) is 1.52. The lowest BCUT2D eigenvalue weighted by atomic mass is 10.2. The van der Waals surface area contributed by atoms with Crippen molar-refractivity contribution in [3.05, 3.63) is 21.3 Å². The van der Waals surface area contributed by atoms with Gasteiger partial charge in [0.25, 0.3) is 5.91 Å². The van der Waals surface area contributed by atoms with Crippen LogP contribution in [0.25, 0.3) is 0 Å². The number of primary amides is 1. The Bertz CT molecular complexity index is 364. The van der Waals surface area contributed by atoms with Crippen molar-refractivity contribution in [2.24, 2.45) is 5.73 Å². The molecule has 1 atom stereocenters. The summed E-state index contributed by atoms with van der Waals surface area (Å²) in [6, 6.07) is 0.858. The van der Waals surface area contributed by atoms with Crippen molar-refractivity contribution in [1.29, 1.82) is 0 Å². The topological polar surface area (TPSA) is 72.2 Å². The molecule has 0 spiro atoms. The quantitative estimate of drug-likeness (QED) is 0.816. The molecule has 0 aliphatic rings. The van der Waals surface area contributed by atoms with Crippen LogP contribution in [-0.4, -0.2) is 17.9 Å². The molecule has 0 fully saturated rings. The molecule has 6 heteroatoms. The minimum Gasteiger partial charge on any atom is -0.368 e. The van der Waals surface area contributed by atoms with Gasteiger partial charge in [0.1, 0.15) is 6.04 Å². The van der Waals surface area contributed by atoms with Gasteiger partial charge in [0.15, 0.2) is 0 Å². The molecule has 1 unspecified atom stereocenters. The van der Waals surface area contributed by atoms with Crippen LogP contribution >= 0.6 is 22.9 Å². The first kappa shape index (κ1) is 11.0. The van der Waals surface area contributed by atoms with Crippen LogP contribution in [-0.2, 0) is 4.79 Å². The van der Waals surface area contributed by atoms with Crippen molar-refractivity contribution in [1.82, 2.24) is 5.32 Å². The van der Waals surface area contributed by atoms with Crippen LogP contribution < -0.4 is 11.1 Å². The summed E-state index contributed by atoms with van der Waals surface area (Å²) < 4.78 is 0.530. The van der Waals surface area contributed by atoms with E-state index in [9.17, 15) is 9.59 Å². The third kappa shape index (κ3) is 2.71. The maximum Gasteiger partial charge on any atom is 0.252 e. The number of hydrogen-bond donors (Lipinski definition) is 2. The maximum absolute atomic E-state index is 11.4. The molecule has 14 heavy (non-hydrogen) atoms. The Kier molecular flexibility index (Phi) is 3.49. The van der Waals surface area contributed by atoms with Crippen LogP contribution in [0.15, 0.2) is 11.4 Å². The molecule has 0 aromatic carbocycles. The second kappa shape index (κ2) is 4.43. The molecule has 0 aliphatic carbocycles. The number of nitrogens with one attached hydrogen (secondary N) is 1. The number of amides is 2. The van der Waals surface area contributed by atoms with Gasteiger partial charge in [-0.25, -0.2) is 0 Å². The first-order valence-corrected chi connectivity index (χ1v) is 5.10. The van der Waals surface area contributed by atoms with Crippen LogP contribution in [0.4, 0.5) is 0 Å². The molecule has 2 amide bonds. The molecule has 4 nitrogen and oxygen atoms in total. The summed E-state index contributed by atoms with van der Waals surface area (Å²) in [5, 5.41) is 4.06. The second-order valence-corrected chi connectivity index (χ2v) is 4.28. The zero-order chi connectivity index (χ0) is 10.7. The number of halogens is 1. The van der Waals surface area contributed by atoms with E-state index in [4.69, 9.17) is 17.3 Å². The van der Waals surface area contributed by atoms with E-state index in [-0.39, 0.29) is 5.91 Å². The number of carbonyl (C=O) groups excluding carboxylic acids is 2. The van der Waals surface area contributed by atoms with E-state index >= 15 is 0 Å². The molecule has 1 rings (SSSR count). The average Bonchev–Trinajstić information content (AvgIpc) is 2.51. The summed E-state index contributed by atoms with van der Waals surface area (Å²) in [5.74, 6) is -0.917. The van der Waals surface area contributed by atoms with E-state index in [1.54, 1.807) is 5.38 Å². The minimum absolute atomic E-state index is 0.348. The van der Waals surface area contributed by atoms with Crippen molar-refractivity contribution < 1.29 is 9.59 Å². The van der Waals surface area contributed by atoms with Gasteiger partial charge >= 0.3 is 0 Å². The number of thiophene rings is 1. The molecule has 0 saturated carbocycles. The maximum atomic E-state index is 11.4.